The van der Waals surface area contributed by atoms with Crippen LogP contribution in [0.4, 0.5) is 4.39 Å². The molecule has 2 N–H and O–H groups in total. The second kappa shape index (κ2) is 5.06. The van der Waals surface area contributed by atoms with Crippen LogP contribution in [0.1, 0.15) is 24.9 Å². The van der Waals surface area contributed by atoms with Crippen LogP contribution in [0.5, 0.6) is 0 Å². The first-order valence-corrected chi connectivity index (χ1v) is 6.48. The minimum absolute atomic E-state index is 0.0759. The zero-order valence-electron chi connectivity index (χ0n) is 9.44. The predicted molar refractivity (Wildman–Crippen MR) is 64.7 cm³/mol. The van der Waals surface area contributed by atoms with Gasteiger partial charge in [-0.3, -0.25) is 10.1 Å². The van der Waals surface area contributed by atoms with Gasteiger partial charge >= 0.3 is 5.97 Å². The van der Waals surface area contributed by atoms with E-state index in [0.29, 0.717) is 4.90 Å². The monoisotopic (exact) mass is 255 g/mol. The molecule has 5 heteroatoms. The maximum absolute atomic E-state index is 13.6. The van der Waals surface area contributed by atoms with Crippen LogP contribution in [-0.2, 0) is 4.79 Å². The van der Waals surface area contributed by atoms with Crippen LogP contribution in [0.2, 0.25) is 0 Å². The Morgan fingerprint density at radius 3 is 3.12 bits per heavy atom. The third kappa shape index (κ3) is 2.61. The Bertz CT molecular complexity index is 439. The van der Waals surface area contributed by atoms with Gasteiger partial charge in [-0.05, 0) is 30.7 Å². The molecule has 92 valence electrons. The number of hydrogen-bond donors (Lipinski definition) is 2. The van der Waals surface area contributed by atoms with Crippen molar-refractivity contribution in [2.24, 2.45) is 0 Å². The van der Waals surface area contributed by atoms with Gasteiger partial charge in [-0.25, -0.2) is 4.39 Å². The minimum atomic E-state index is -0.888. The number of thioether (sulfide) groups is 1. The number of nitrogens with one attached hydrogen (secondary N) is 1. The summed E-state index contributed by atoms with van der Waals surface area (Å²) in [5.41, 5.74) is 0.870. The molecule has 2 rings (SSSR count). The molecular weight excluding hydrogens is 241 g/mol. The Labute approximate surface area is 103 Å². The molecule has 0 spiro atoms. The average molecular weight is 255 g/mol. The maximum Gasteiger partial charge on any atom is 0.320 e. The van der Waals surface area contributed by atoms with Crippen LogP contribution in [0.3, 0.4) is 0 Å². The molecule has 1 heterocycles. The number of rotatable bonds is 3. The van der Waals surface area contributed by atoms with Gasteiger partial charge in [-0.15, -0.1) is 11.8 Å². The van der Waals surface area contributed by atoms with Gasteiger partial charge in [0, 0.05) is 10.9 Å². The third-order valence-corrected chi connectivity index (χ3v) is 4.01. The van der Waals surface area contributed by atoms with Gasteiger partial charge in [-0.2, -0.15) is 0 Å². The zero-order chi connectivity index (χ0) is 12.4. The molecule has 1 aromatic carbocycles. The summed E-state index contributed by atoms with van der Waals surface area (Å²) >= 11 is 1.49. The van der Waals surface area contributed by atoms with E-state index in [1.807, 2.05) is 6.07 Å². The van der Waals surface area contributed by atoms with E-state index < -0.39 is 12.0 Å². The van der Waals surface area contributed by atoms with Crippen molar-refractivity contribution in [1.29, 1.82) is 0 Å². The number of benzene rings is 1. The summed E-state index contributed by atoms with van der Waals surface area (Å²) in [5, 5.41) is 11.9. The Morgan fingerprint density at radius 2 is 2.41 bits per heavy atom. The molecule has 1 aliphatic rings. The second-order valence-corrected chi connectivity index (χ2v) is 5.18. The number of aliphatic carboxylic acids is 1. The quantitative estimate of drug-likeness (QED) is 0.871. The normalized spacial score (nSPS) is 20.7. The number of carbonyl (C=O) groups is 1. The first-order valence-electron chi connectivity index (χ1n) is 5.49. The lowest BCUT2D eigenvalue weighted by Gasteiger charge is -2.27. The standard InChI is InChI=1S/C12H14FNO2S/c1-7(12(15)16)14-10-5-6-17-11-8(10)3-2-4-9(11)13/h2-4,7,10,14H,5-6H2,1H3,(H,15,16). The number of hydrogen-bond acceptors (Lipinski definition) is 3. The van der Waals surface area contributed by atoms with Gasteiger partial charge in [0.05, 0.1) is 0 Å². The van der Waals surface area contributed by atoms with E-state index in [2.05, 4.69) is 5.32 Å². The fourth-order valence-electron chi connectivity index (χ4n) is 1.93. The third-order valence-electron chi connectivity index (χ3n) is 2.85. The van der Waals surface area contributed by atoms with Crippen LogP contribution in [0.15, 0.2) is 23.1 Å². The van der Waals surface area contributed by atoms with Crippen LogP contribution < -0.4 is 5.32 Å². The molecule has 0 saturated carbocycles. The van der Waals surface area contributed by atoms with Crippen LogP contribution >= 0.6 is 11.8 Å². The first kappa shape index (κ1) is 12.4. The number of carboxylic acid groups (broad SMARTS) is 1. The summed E-state index contributed by atoms with van der Waals surface area (Å²) < 4.78 is 13.6. The van der Waals surface area contributed by atoms with E-state index >= 15 is 0 Å². The van der Waals surface area contributed by atoms with Crippen molar-refractivity contribution in [3.8, 4) is 0 Å². The van der Waals surface area contributed by atoms with Gasteiger partial charge in [-0.1, -0.05) is 12.1 Å². The second-order valence-electron chi connectivity index (χ2n) is 4.07. The van der Waals surface area contributed by atoms with Crippen molar-refractivity contribution >= 4 is 17.7 Å². The van der Waals surface area contributed by atoms with E-state index in [1.54, 1.807) is 13.0 Å². The van der Waals surface area contributed by atoms with E-state index in [4.69, 9.17) is 5.11 Å². The van der Waals surface area contributed by atoms with Crippen LogP contribution in [0, 0.1) is 5.82 Å². The highest BCUT2D eigenvalue weighted by Crippen LogP contribution is 2.37. The highest BCUT2D eigenvalue weighted by Gasteiger charge is 2.25. The van der Waals surface area contributed by atoms with E-state index in [9.17, 15) is 9.18 Å². The molecule has 2 unspecified atom stereocenters. The molecule has 0 bridgehead atoms. The van der Waals surface area contributed by atoms with Crippen molar-refractivity contribution in [2.75, 3.05) is 5.75 Å². The molecule has 0 amide bonds. The largest absolute Gasteiger partial charge is 0.480 e. The van der Waals surface area contributed by atoms with Gasteiger partial charge in [0.1, 0.15) is 11.9 Å². The molecule has 1 aromatic rings. The summed E-state index contributed by atoms with van der Waals surface area (Å²) in [6.07, 6.45) is 0.818. The number of carboxylic acids is 1. The Hall–Kier alpha value is -1.07. The average Bonchev–Trinajstić information content (AvgIpc) is 2.30. The van der Waals surface area contributed by atoms with Crippen LogP contribution in [0.25, 0.3) is 0 Å². The maximum atomic E-state index is 13.6. The van der Waals surface area contributed by atoms with Gasteiger partial charge in [0.25, 0.3) is 0 Å². The summed E-state index contributed by atoms with van der Waals surface area (Å²) in [6, 6.07) is 4.26. The molecule has 0 aromatic heterocycles. The van der Waals surface area contributed by atoms with E-state index in [-0.39, 0.29) is 11.9 Å². The fraction of sp³-hybridized carbons (Fsp3) is 0.417. The van der Waals surface area contributed by atoms with Crippen molar-refractivity contribution in [3.05, 3.63) is 29.6 Å². The lowest BCUT2D eigenvalue weighted by molar-refractivity contribution is -0.139. The fourth-order valence-corrected chi connectivity index (χ4v) is 3.07. The van der Waals surface area contributed by atoms with Crippen molar-refractivity contribution in [1.82, 2.24) is 5.32 Å². The lowest BCUT2D eigenvalue weighted by Crippen LogP contribution is -2.37. The molecule has 17 heavy (non-hydrogen) atoms. The Morgan fingerprint density at radius 1 is 1.65 bits per heavy atom. The molecule has 2 atom stereocenters. The summed E-state index contributed by atoms with van der Waals surface area (Å²) in [7, 11) is 0. The molecule has 0 aliphatic carbocycles. The summed E-state index contributed by atoms with van der Waals surface area (Å²) in [5.74, 6) is -0.305. The Kier molecular flexibility index (Phi) is 3.69. The van der Waals surface area contributed by atoms with E-state index in [0.717, 1.165) is 17.7 Å². The van der Waals surface area contributed by atoms with Crippen molar-refractivity contribution in [2.45, 2.75) is 30.3 Å². The molecule has 1 aliphatic heterocycles. The van der Waals surface area contributed by atoms with Crippen molar-refractivity contribution < 1.29 is 14.3 Å². The lowest BCUT2D eigenvalue weighted by atomic mass is 10.0. The number of halogens is 1. The van der Waals surface area contributed by atoms with Gasteiger partial charge in [0.15, 0.2) is 0 Å². The van der Waals surface area contributed by atoms with Crippen molar-refractivity contribution in [3.63, 3.8) is 0 Å². The molecule has 3 nitrogen and oxygen atoms in total. The Balaban J connectivity index is 2.23. The zero-order valence-corrected chi connectivity index (χ0v) is 10.3. The summed E-state index contributed by atoms with van der Waals surface area (Å²) in [4.78, 5) is 11.5. The van der Waals surface area contributed by atoms with Crippen LogP contribution in [-0.4, -0.2) is 22.9 Å². The highest BCUT2D eigenvalue weighted by atomic mass is 32.2. The molecule has 0 radical (unpaired) electrons. The van der Waals surface area contributed by atoms with Gasteiger partial charge < -0.3 is 5.11 Å². The SMILES string of the molecule is CC(NC1CCSc2c(F)cccc21)C(=O)O. The predicted octanol–water partition coefficient (Wildman–Crippen LogP) is 2.43. The molecule has 0 fully saturated rings. The van der Waals surface area contributed by atoms with E-state index in [1.165, 1.54) is 17.8 Å². The topological polar surface area (TPSA) is 49.3 Å². The smallest absolute Gasteiger partial charge is 0.320 e. The van der Waals surface area contributed by atoms with Gasteiger partial charge in [0.2, 0.25) is 0 Å². The summed E-state index contributed by atoms with van der Waals surface area (Å²) in [6.45, 7) is 1.60. The highest BCUT2D eigenvalue weighted by molar-refractivity contribution is 7.99. The number of fused-ring (bicyclic) bond motifs is 1. The molecule has 0 saturated heterocycles. The first-order chi connectivity index (χ1) is 8.09. The minimum Gasteiger partial charge on any atom is -0.480 e. The molecular formula is C12H14FNO2S.